The number of hydrogen-bond donors (Lipinski definition) is 1. The number of ether oxygens (including phenoxy) is 3. The average Bonchev–Trinajstić information content (AvgIpc) is 2.68. The van der Waals surface area contributed by atoms with Crippen molar-refractivity contribution in [3.05, 3.63) is 29.3 Å². The number of aliphatic imine (C=N–C) groups is 1. The third kappa shape index (κ3) is 4.51. The van der Waals surface area contributed by atoms with Gasteiger partial charge in [0.2, 0.25) is 0 Å². The lowest BCUT2D eigenvalue weighted by Crippen LogP contribution is -2.44. The Bertz CT molecular complexity index is 758. The molecule has 0 bridgehead atoms. The average molecular weight is 389 g/mol. The summed E-state index contributed by atoms with van der Waals surface area (Å²) in [5, 5.41) is 2.82. The fourth-order valence-corrected chi connectivity index (χ4v) is 3.65. The second kappa shape index (κ2) is 9.16. The Hall–Kier alpha value is -2.45. The number of esters is 1. The van der Waals surface area contributed by atoms with E-state index in [2.05, 4.69) is 15.2 Å². The van der Waals surface area contributed by atoms with E-state index in [4.69, 9.17) is 14.2 Å². The predicted octanol–water partition coefficient (Wildman–Crippen LogP) is 1.93. The number of amides is 2. The van der Waals surface area contributed by atoms with Gasteiger partial charge in [-0.15, -0.1) is 0 Å². The minimum Gasteiger partial charge on any atom is -0.496 e. The summed E-state index contributed by atoms with van der Waals surface area (Å²) in [6, 6.07) is 4.76. The first-order valence-corrected chi connectivity index (χ1v) is 9.52. The highest BCUT2D eigenvalue weighted by Gasteiger charge is 2.38. The van der Waals surface area contributed by atoms with Crippen molar-refractivity contribution in [1.82, 2.24) is 10.2 Å². The first kappa shape index (κ1) is 20.3. The number of nitrogens with one attached hydrogen (secondary N) is 1. The van der Waals surface area contributed by atoms with Crippen molar-refractivity contribution in [2.45, 2.75) is 26.4 Å². The van der Waals surface area contributed by atoms with E-state index >= 15 is 0 Å². The molecule has 8 heteroatoms. The first-order chi connectivity index (χ1) is 13.5. The van der Waals surface area contributed by atoms with Gasteiger partial charge in [-0.25, -0.2) is 9.79 Å². The number of carbonyl (C=O) groups is 2. The lowest BCUT2D eigenvalue weighted by atomic mass is 9.87. The quantitative estimate of drug-likeness (QED) is 0.748. The smallest absolute Gasteiger partial charge is 0.341 e. The molecular weight excluding hydrogens is 362 g/mol. The minimum atomic E-state index is -0.651. The Labute approximate surface area is 164 Å². The van der Waals surface area contributed by atoms with E-state index < -0.39 is 18.0 Å². The molecule has 0 radical (unpaired) electrons. The maximum absolute atomic E-state index is 12.5. The van der Waals surface area contributed by atoms with Gasteiger partial charge in [0.05, 0.1) is 33.0 Å². The Morgan fingerprint density at radius 3 is 2.79 bits per heavy atom. The number of hydrogen-bond acceptors (Lipinski definition) is 6. The molecule has 1 N–H and O–H groups in total. The lowest BCUT2D eigenvalue weighted by molar-refractivity contribution is -0.146. The number of morpholine rings is 1. The fourth-order valence-electron chi connectivity index (χ4n) is 3.65. The summed E-state index contributed by atoms with van der Waals surface area (Å²) in [5.41, 5.74) is 2.28. The van der Waals surface area contributed by atoms with Gasteiger partial charge in [-0.3, -0.25) is 9.69 Å². The largest absolute Gasteiger partial charge is 0.496 e. The Morgan fingerprint density at radius 1 is 1.36 bits per heavy atom. The highest BCUT2D eigenvalue weighted by atomic mass is 16.5. The summed E-state index contributed by atoms with van der Waals surface area (Å²) in [7, 11) is 1.64. The van der Waals surface area contributed by atoms with Gasteiger partial charge in [-0.1, -0.05) is 6.07 Å². The van der Waals surface area contributed by atoms with Gasteiger partial charge in [0, 0.05) is 30.9 Å². The summed E-state index contributed by atoms with van der Waals surface area (Å²) in [6.07, 6.45) is 0. The van der Waals surface area contributed by atoms with Gasteiger partial charge in [-0.05, 0) is 31.5 Å². The molecule has 2 aliphatic rings. The molecular formula is C20H27N3O5. The van der Waals surface area contributed by atoms with E-state index in [1.807, 2.05) is 18.2 Å². The zero-order valence-electron chi connectivity index (χ0n) is 16.6. The summed E-state index contributed by atoms with van der Waals surface area (Å²) >= 11 is 0. The molecule has 152 valence electrons. The maximum Gasteiger partial charge on any atom is 0.341 e. The molecule has 28 heavy (non-hydrogen) atoms. The maximum atomic E-state index is 12.5. The van der Waals surface area contributed by atoms with E-state index in [-0.39, 0.29) is 12.6 Å². The van der Waals surface area contributed by atoms with Crippen LogP contribution in [0.4, 0.5) is 4.79 Å². The van der Waals surface area contributed by atoms with Crippen LogP contribution in [-0.2, 0) is 20.8 Å². The van der Waals surface area contributed by atoms with Crippen LogP contribution in [0.1, 0.15) is 31.0 Å². The van der Waals surface area contributed by atoms with Crippen LogP contribution >= 0.6 is 0 Å². The van der Waals surface area contributed by atoms with Crippen LogP contribution < -0.4 is 10.1 Å². The van der Waals surface area contributed by atoms with E-state index in [9.17, 15) is 9.59 Å². The van der Waals surface area contributed by atoms with Crippen molar-refractivity contribution < 1.29 is 23.8 Å². The van der Waals surface area contributed by atoms with Gasteiger partial charge < -0.3 is 19.5 Å². The lowest BCUT2D eigenvalue weighted by Gasteiger charge is -2.31. The van der Waals surface area contributed by atoms with Crippen LogP contribution in [0, 0.1) is 5.92 Å². The Morgan fingerprint density at radius 2 is 2.11 bits per heavy atom. The van der Waals surface area contributed by atoms with Gasteiger partial charge in [0.1, 0.15) is 11.7 Å². The summed E-state index contributed by atoms with van der Waals surface area (Å²) in [4.78, 5) is 30.7. The molecule has 0 aliphatic carbocycles. The van der Waals surface area contributed by atoms with Crippen LogP contribution in [-0.4, -0.2) is 62.6 Å². The van der Waals surface area contributed by atoms with Crippen molar-refractivity contribution in [2.24, 2.45) is 10.9 Å². The molecule has 1 saturated heterocycles. The minimum absolute atomic E-state index is 0.272. The predicted molar refractivity (Wildman–Crippen MR) is 104 cm³/mol. The van der Waals surface area contributed by atoms with E-state index in [1.165, 1.54) is 0 Å². The van der Waals surface area contributed by atoms with E-state index in [0.29, 0.717) is 25.5 Å². The molecule has 0 aromatic heterocycles. The van der Waals surface area contributed by atoms with Gasteiger partial charge in [-0.2, -0.15) is 0 Å². The summed E-state index contributed by atoms with van der Waals surface area (Å²) in [6.45, 7) is 7.55. The molecule has 2 unspecified atom stereocenters. The molecule has 2 atom stereocenters. The van der Waals surface area contributed by atoms with Crippen LogP contribution in [0.3, 0.4) is 0 Å². The van der Waals surface area contributed by atoms with Crippen LogP contribution in [0.2, 0.25) is 0 Å². The highest BCUT2D eigenvalue weighted by molar-refractivity contribution is 6.08. The Balaban J connectivity index is 1.91. The third-order valence-corrected chi connectivity index (χ3v) is 5.04. The second-order valence-electron chi connectivity index (χ2n) is 6.87. The van der Waals surface area contributed by atoms with Crippen molar-refractivity contribution in [3.8, 4) is 5.75 Å². The first-order valence-electron chi connectivity index (χ1n) is 9.52. The van der Waals surface area contributed by atoms with Crippen molar-refractivity contribution in [3.63, 3.8) is 0 Å². The Kier molecular flexibility index (Phi) is 6.64. The molecule has 2 amide bonds. The van der Waals surface area contributed by atoms with Crippen LogP contribution in [0.15, 0.2) is 23.2 Å². The number of benzene rings is 1. The number of rotatable bonds is 6. The van der Waals surface area contributed by atoms with Gasteiger partial charge >= 0.3 is 12.0 Å². The molecule has 3 rings (SSSR count). The number of methoxy groups -OCH3 is 1. The SMILES string of the molecule is CCOC(=O)C1C(C)=NC(=O)NC1c1ccc(OC)c(CN2CCOCC2)c1. The zero-order valence-corrected chi connectivity index (χ0v) is 16.6. The molecule has 2 heterocycles. The molecule has 1 fully saturated rings. The van der Waals surface area contributed by atoms with Crippen molar-refractivity contribution in [2.75, 3.05) is 40.0 Å². The van der Waals surface area contributed by atoms with Crippen molar-refractivity contribution >= 4 is 17.7 Å². The fraction of sp³-hybridized carbons (Fsp3) is 0.550. The normalized spacial score (nSPS) is 23.0. The molecule has 8 nitrogen and oxygen atoms in total. The third-order valence-electron chi connectivity index (χ3n) is 5.04. The summed E-state index contributed by atoms with van der Waals surface area (Å²) in [5.74, 6) is -0.267. The topological polar surface area (TPSA) is 89.5 Å². The number of urea groups is 1. The van der Waals surface area contributed by atoms with E-state index in [1.54, 1.807) is 21.0 Å². The van der Waals surface area contributed by atoms with Crippen LogP contribution in [0.5, 0.6) is 5.75 Å². The summed E-state index contributed by atoms with van der Waals surface area (Å²) < 4.78 is 16.2. The van der Waals surface area contributed by atoms with Gasteiger partial charge in [0.15, 0.2) is 0 Å². The molecule has 1 aromatic rings. The standard InChI is InChI=1S/C20H27N3O5/c1-4-28-19(24)17-13(2)21-20(25)22-18(17)14-5-6-16(26-3)15(11-14)12-23-7-9-27-10-8-23/h5-6,11,17-18H,4,7-10,12H2,1-3H3,(H,22,25). The monoisotopic (exact) mass is 389 g/mol. The number of nitrogens with zero attached hydrogens (tertiary/aromatic N) is 2. The second-order valence-corrected chi connectivity index (χ2v) is 6.87. The molecule has 0 spiro atoms. The van der Waals surface area contributed by atoms with E-state index in [0.717, 1.165) is 30.0 Å². The van der Waals surface area contributed by atoms with Gasteiger partial charge in [0.25, 0.3) is 0 Å². The number of carbonyl (C=O) groups excluding carboxylic acids is 2. The molecule has 0 saturated carbocycles. The highest BCUT2D eigenvalue weighted by Crippen LogP contribution is 2.32. The van der Waals surface area contributed by atoms with Crippen molar-refractivity contribution in [1.29, 1.82) is 0 Å². The van der Waals surface area contributed by atoms with Crippen LogP contribution in [0.25, 0.3) is 0 Å². The molecule has 1 aromatic carbocycles. The zero-order chi connectivity index (χ0) is 20.1. The molecule has 2 aliphatic heterocycles.